The number of rotatable bonds is 7. The van der Waals surface area contributed by atoms with Crippen LogP contribution in [0.2, 0.25) is 0 Å². The minimum Gasteiger partial charge on any atom is -0.341 e. The van der Waals surface area contributed by atoms with E-state index in [2.05, 4.69) is 84.6 Å². The smallest absolute Gasteiger partial charge is 0.0490 e. The molecule has 0 fully saturated rings. The number of nitrogens with zero attached hydrogens (tertiary/aromatic N) is 1. The molecule has 118 valence electrons. The van der Waals surface area contributed by atoms with Crippen LogP contribution in [0.15, 0.2) is 72.8 Å². The van der Waals surface area contributed by atoms with E-state index in [1.54, 1.807) is 0 Å². The summed E-state index contributed by atoms with van der Waals surface area (Å²) in [5.41, 5.74) is 2.59. The van der Waals surface area contributed by atoms with Gasteiger partial charge in [0.15, 0.2) is 0 Å². The number of anilines is 2. The molecule has 0 atom stereocenters. The van der Waals surface area contributed by atoms with E-state index in [9.17, 15) is 0 Å². The monoisotopic (exact) mass is 303 g/mol. The number of hydrogen-bond acceptors (Lipinski definition) is 1. The van der Waals surface area contributed by atoms with Gasteiger partial charge in [0, 0.05) is 23.3 Å². The summed E-state index contributed by atoms with van der Waals surface area (Å²) in [7, 11) is 0. The van der Waals surface area contributed by atoms with Crippen molar-refractivity contribution in [2.75, 3.05) is 11.4 Å². The first kappa shape index (κ1) is 15.6. The molecule has 0 saturated carbocycles. The predicted molar refractivity (Wildman–Crippen MR) is 102 cm³/mol. The van der Waals surface area contributed by atoms with E-state index in [0.717, 1.165) is 6.54 Å². The van der Waals surface area contributed by atoms with Gasteiger partial charge in [0.2, 0.25) is 0 Å². The van der Waals surface area contributed by atoms with Crippen molar-refractivity contribution in [3.8, 4) is 0 Å². The molecule has 0 radical (unpaired) electrons. The van der Waals surface area contributed by atoms with Crippen molar-refractivity contribution in [3.63, 3.8) is 0 Å². The molecule has 1 heteroatoms. The van der Waals surface area contributed by atoms with Crippen molar-refractivity contribution in [2.24, 2.45) is 0 Å². The Kier molecular flexibility index (Phi) is 5.31. The van der Waals surface area contributed by atoms with Gasteiger partial charge in [-0.1, -0.05) is 80.8 Å². The van der Waals surface area contributed by atoms with Crippen molar-refractivity contribution >= 4 is 22.1 Å². The Morgan fingerprint density at radius 1 is 0.696 bits per heavy atom. The molecule has 0 unspecified atom stereocenters. The van der Waals surface area contributed by atoms with Gasteiger partial charge in [-0.05, 0) is 30.0 Å². The molecule has 3 aromatic rings. The molecule has 3 aromatic carbocycles. The molecule has 0 bridgehead atoms. The zero-order valence-electron chi connectivity index (χ0n) is 13.9. The highest BCUT2D eigenvalue weighted by Crippen LogP contribution is 2.32. The maximum absolute atomic E-state index is 2.47. The molecule has 1 nitrogen and oxygen atoms in total. The summed E-state index contributed by atoms with van der Waals surface area (Å²) in [5.74, 6) is 0. The van der Waals surface area contributed by atoms with Crippen LogP contribution >= 0.6 is 0 Å². The van der Waals surface area contributed by atoms with E-state index in [4.69, 9.17) is 0 Å². The molecule has 0 saturated heterocycles. The van der Waals surface area contributed by atoms with Gasteiger partial charge in [-0.2, -0.15) is 0 Å². The molecule has 0 aliphatic carbocycles. The molecule has 3 rings (SSSR count). The zero-order valence-corrected chi connectivity index (χ0v) is 13.9. The molecule has 23 heavy (non-hydrogen) atoms. The standard InChI is InChI=1S/C22H25N/c1-2-3-4-10-18-23(20-14-6-5-7-15-20)22-17-11-13-19-12-8-9-16-21(19)22/h5-9,11-17H,2-4,10,18H2,1H3. The first-order chi connectivity index (χ1) is 11.4. The fraction of sp³-hybridized carbons (Fsp3) is 0.273. The number of benzene rings is 3. The SMILES string of the molecule is CCCCCCN(c1ccccc1)c1cccc2ccccc12. The molecular weight excluding hydrogens is 278 g/mol. The Hall–Kier alpha value is -2.28. The van der Waals surface area contributed by atoms with Crippen molar-refractivity contribution in [1.82, 2.24) is 0 Å². The zero-order chi connectivity index (χ0) is 15.9. The lowest BCUT2D eigenvalue weighted by atomic mass is 10.1. The van der Waals surface area contributed by atoms with Gasteiger partial charge in [0.1, 0.15) is 0 Å². The lowest BCUT2D eigenvalue weighted by molar-refractivity contribution is 0.668. The summed E-state index contributed by atoms with van der Waals surface area (Å²) < 4.78 is 0. The van der Waals surface area contributed by atoms with Crippen LogP contribution in [0.5, 0.6) is 0 Å². The Morgan fingerprint density at radius 2 is 1.43 bits per heavy atom. The lowest BCUT2D eigenvalue weighted by Crippen LogP contribution is -2.18. The number of para-hydroxylation sites is 1. The van der Waals surface area contributed by atoms with E-state index >= 15 is 0 Å². The van der Waals surface area contributed by atoms with Gasteiger partial charge in [-0.3, -0.25) is 0 Å². The topological polar surface area (TPSA) is 3.24 Å². The molecule has 0 N–H and O–H groups in total. The largest absolute Gasteiger partial charge is 0.341 e. The number of unbranched alkanes of at least 4 members (excludes halogenated alkanes) is 3. The molecule has 0 heterocycles. The predicted octanol–water partition coefficient (Wildman–Crippen LogP) is 6.56. The molecule has 0 aliphatic heterocycles. The van der Waals surface area contributed by atoms with E-state index in [1.165, 1.54) is 47.8 Å². The van der Waals surface area contributed by atoms with Crippen LogP contribution in [0, 0.1) is 0 Å². The van der Waals surface area contributed by atoms with Crippen LogP contribution in [0.1, 0.15) is 32.6 Å². The fourth-order valence-electron chi connectivity index (χ4n) is 3.14. The van der Waals surface area contributed by atoms with E-state index < -0.39 is 0 Å². The first-order valence-corrected chi connectivity index (χ1v) is 8.70. The minimum absolute atomic E-state index is 1.07. The van der Waals surface area contributed by atoms with Crippen LogP contribution in [0.25, 0.3) is 10.8 Å². The highest BCUT2D eigenvalue weighted by Gasteiger charge is 2.11. The third-order valence-corrected chi connectivity index (χ3v) is 4.36. The van der Waals surface area contributed by atoms with Gasteiger partial charge in [-0.15, -0.1) is 0 Å². The summed E-state index contributed by atoms with van der Waals surface area (Å²) in [6, 6.07) is 26.0. The highest BCUT2D eigenvalue weighted by atomic mass is 15.1. The van der Waals surface area contributed by atoms with Crippen molar-refractivity contribution in [2.45, 2.75) is 32.6 Å². The van der Waals surface area contributed by atoms with Crippen LogP contribution in [-0.4, -0.2) is 6.54 Å². The Morgan fingerprint density at radius 3 is 2.26 bits per heavy atom. The van der Waals surface area contributed by atoms with Gasteiger partial charge < -0.3 is 4.90 Å². The molecule has 0 amide bonds. The number of hydrogen-bond donors (Lipinski definition) is 0. The van der Waals surface area contributed by atoms with Gasteiger partial charge in [0.25, 0.3) is 0 Å². The Balaban J connectivity index is 1.96. The van der Waals surface area contributed by atoms with Gasteiger partial charge in [0.05, 0.1) is 0 Å². The first-order valence-electron chi connectivity index (χ1n) is 8.70. The van der Waals surface area contributed by atoms with Gasteiger partial charge >= 0.3 is 0 Å². The van der Waals surface area contributed by atoms with E-state index in [1.807, 2.05) is 0 Å². The van der Waals surface area contributed by atoms with Crippen molar-refractivity contribution in [1.29, 1.82) is 0 Å². The van der Waals surface area contributed by atoms with Crippen LogP contribution < -0.4 is 4.90 Å². The minimum atomic E-state index is 1.07. The molecule has 0 spiro atoms. The normalized spacial score (nSPS) is 10.8. The second kappa shape index (κ2) is 7.82. The Bertz CT molecular complexity index is 728. The molecular formula is C22H25N. The van der Waals surface area contributed by atoms with E-state index in [0.29, 0.717) is 0 Å². The van der Waals surface area contributed by atoms with Crippen LogP contribution in [0.3, 0.4) is 0 Å². The summed E-state index contributed by atoms with van der Waals surface area (Å²) in [6.45, 7) is 3.33. The number of fused-ring (bicyclic) bond motifs is 1. The second-order valence-corrected chi connectivity index (χ2v) is 6.05. The van der Waals surface area contributed by atoms with Crippen molar-refractivity contribution in [3.05, 3.63) is 72.8 Å². The fourth-order valence-corrected chi connectivity index (χ4v) is 3.14. The highest BCUT2D eigenvalue weighted by molar-refractivity contribution is 5.96. The molecule has 0 aromatic heterocycles. The lowest BCUT2D eigenvalue weighted by Gasteiger charge is -2.26. The summed E-state index contributed by atoms with van der Waals surface area (Å²) in [6.07, 6.45) is 5.12. The van der Waals surface area contributed by atoms with Crippen LogP contribution in [-0.2, 0) is 0 Å². The third-order valence-electron chi connectivity index (χ3n) is 4.36. The third kappa shape index (κ3) is 3.73. The van der Waals surface area contributed by atoms with Crippen molar-refractivity contribution < 1.29 is 0 Å². The average molecular weight is 303 g/mol. The van der Waals surface area contributed by atoms with E-state index in [-0.39, 0.29) is 0 Å². The van der Waals surface area contributed by atoms with Gasteiger partial charge in [-0.25, -0.2) is 0 Å². The average Bonchev–Trinajstić information content (AvgIpc) is 2.62. The second-order valence-electron chi connectivity index (χ2n) is 6.05. The molecule has 0 aliphatic rings. The van der Waals surface area contributed by atoms with Crippen LogP contribution in [0.4, 0.5) is 11.4 Å². The maximum Gasteiger partial charge on any atom is 0.0490 e. The summed E-state index contributed by atoms with van der Waals surface area (Å²) in [5, 5.41) is 2.63. The maximum atomic E-state index is 2.47. The summed E-state index contributed by atoms with van der Waals surface area (Å²) >= 11 is 0. The Labute approximate surface area is 139 Å². The quantitative estimate of drug-likeness (QED) is 0.447. The summed E-state index contributed by atoms with van der Waals surface area (Å²) in [4.78, 5) is 2.47.